The molecule has 1 fully saturated rings. The lowest BCUT2D eigenvalue weighted by molar-refractivity contribution is 0.280. The van der Waals surface area contributed by atoms with Gasteiger partial charge in [-0.2, -0.15) is 0 Å². The average molecular weight is 270 g/mol. The first-order valence-electron chi connectivity index (χ1n) is 6.58. The third kappa shape index (κ3) is 3.32. The second-order valence-corrected chi connectivity index (χ2v) is 5.55. The zero-order valence-electron chi connectivity index (χ0n) is 11.2. The van der Waals surface area contributed by atoms with Crippen LogP contribution >= 0.6 is 0 Å². The fraction of sp³-hybridized carbons (Fsp3) is 0.615. The van der Waals surface area contributed by atoms with Gasteiger partial charge in [-0.05, 0) is 31.1 Å². The minimum atomic E-state index is -0.795. The Morgan fingerprint density at radius 3 is 2.26 bits per heavy atom. The maximum absolute atomic E-state index is 13.7. The predicted molar refractivity (Wildman–Crippen MR) is 71.6 cm³/mol. The van der Waals surface area contributed by atoms with Gasteiger partial charge in [0.05, 0.1) is 0 Å². The van der Waals surface area contributed by atoms with Crippen molar-refractivity contribution in [1.82, 2.24) is 4.98 Å². The number of nitrogen functional groups attached to an aromatic ring is 1. The highest BCUT2D eigenvalue weighted by Gasteiger charge is 2.25. The van der Waals surface area contributed by atoms with Gasteiger partial charge in [0.1, 0.15) is 0 Å². The Morgan fingerprint density at radius 2 is 1.68 bits per heavy atom. The van der Waals surface area contributed by atoms with Crippen molar-refractivity contribution in [3.63, 3.8) is 0 Å². The number of anilines is 2. The highest BCUT2D eigenvalue weighted by molar-refractivity contribution is 5.47. The summed E-state index contributed by atoms with van der Waals surface area (Å²) in [7, 11) is 0. The highest BCUT2D eigenvalue weighted by atomic mass is 19.1. The van der Waals surface area contributed by atoms with Crippen LogP contribution in [0.3, 0.4) is 0 Å². The Bertz CT molecular complexity index is 443. The Morgan fingerprint density at radius 1 is 1.11 bits per heavy atom. The molecule has 4 N–H and O–H groups in total. The molecule has 1 aliphatic carbocycles. The van der Waals surface area contributed by atoms with E-state index in [1.54, 1.807) is 0 Å². The van der Waals surface area contributed by atoms with E-state index in [2.05, 4.69) is 29.6 Å². The number of pyridine rings is 1. The summed E-state index contributed by atoms with van der Waals surface area (Å²) in [6, 6.07) is 0.956. The van der Waals surface area contributed by atoms with E-state index < -0.39 is 11.6 Å². The average Bonchev–Trinajstić information content (AvgIpc) is 2.31. The Balaban J connectivity index is 2.14. The third-order valence-electron chi connectivity index (χ3n) is 3.59. The molecule has 6 heteroatoms. The van der Waals surface area contributed by atoms with E-state index in [1.807, 2.05) is 0 Å². The van der Waals surface area contributed by atoms with E-state index in [-0.39, 0.29) is 17.7 Å². The number of nitrogens with two attached hydrogens (primary N) is 1. The van der Waals surface area contributed by atoms with Gasteiger partial charge in [-0.25, -0.2) is 19.6 Å². The van der Waals surface area contributed by atoms with Gasteiger partial charge in [0.2, 0.25) is 0 Å². The number of aromatic nitrogens is 1. The molecule has 2 rings (SSSR count). The standard InChI is InChI=1S/C13H20F2N4/c1-7-3-8(2)5-9(4-7)17-12-10(14)6-11(15)13(18-12)19-16/h6-9H,3-5,16H2,1-2H3,(H2,17,18,19). The summed E-state index contributed by atoms with van der Waals surface area (Å²) in [5, 5.41) is 3.06. The maximum Gasteiger partial charge on any atom is 0.178 e. The molecule has 0 aromatic carbocycles. The number of hydrogen-bond donors (Lipinski definition) is 3. The van der Waals surface area contributed by atoms with Crippen molar-refractivity contribution in [2.75, 3.05) is 10.7 Å². The van der Waals surface area contributed by atoms with E-state index >= 15 is 0 Å². The molecular weight excluding hydrogens is 250 g/mol. The zero-order valence-corrected chi connectivity index (χ0v) is 11.2. The highest BCUT2D eigenvalue weighted by Crippen LogP contribution is 2.31. The number of nitrogens with one attached hydrogen (secondary N) is 2. The van der Waals surface area contributed by atoms with E-state index in [9.17, 15) is 8.78 Å². The van der Waals surface area contributed by atoms with Gasteiger partial charge < -0.3 is 10.7 Å². The molecule has 2 unspecified atom stereocenters. The molecule has 0 bridgehead atoms. The molecule has 1 aromatic heterocycles. The molecular formula is C13H20F2N4. The molecule has 1 aromatic rings. The van der Waals surface area contributed by atoms with Crippen LogP contribution in [0.5, 0.6) is 0 Å². The smallest absolute Gasteiger partial charge is 0.178 e. The van der Waals surface area contributed by atoms with Gasteiger partial charge in [-0.15, -0.1) is 0 Å². The number of hydrazine groups is 1. The van der Waals surface area contributed by atoms with Gasteiger partial charge in [0.15, 0.2) is 23.3 Å². The van der Waals surface area contributed by atoms with Crippen molar-refractivity contribution in [3.8, 4) is 0 Å². The van der Waals surface area contributed by atoms with Gasteiger partial charge >= 0.3 is 0 Å². The van der Waals surface area contributed by atoms with Crippen molar-refractivity contribution in [2.24, 2.45) is 17.7 Å². The molecule has 1 heterocycles. The van der Waals surface area contributed by atoms with Crippen molar-refractivity contribution in [2.45, 2.75) is 39.2 Å². The molecule has 106 valence electrons. The molecule has 0 amide bonds. The predicted octanol–water partition coefficient (Wildman–Crippen LogP) is 2.88. The van der Waals surface area contributed by atoms with Crippen molar-refractivity contribution in [1.29, 1.82) is 0 Å². The minimum Gasteiger partial charge on any atom is -0.365 e. The lowest BCUT2D eigenvalue weighted by Crippen LogP contribution is -2.31. The second kappa shape index (κ2) is 5.69. The van der Waals surface area contributed by atoms with Crippen molar-refractivity contribution < 1.29 is 8.78 Å². The summed E-state index contributed by atoms with van der Waals surface area (Å²) in [5.41, 5.74) is 2.12. The van der Waals surface area contributed by atoms with E-state index in [0.29, 0.717) is 11.8 Å². The summed E-state index contributed by atoms with van der Waals surface area (Å²) >= 11 is 0. The van der Waals surface area contributed by atoms with Crippen LogP contribution in [0.15, 0.2) is 6.07 Å². The number of halogens is 2. The summed E-state index contributed by atoms with van der Waals surface area (Å²) in [6.45, 7) is 4.37. The monoisotopic (exact) mass is 270 g/mol. The van der Waals surface area contributed by atoms with E-state index in [1.165, 1.54) is 6.42 Å². The first-order chi connectivity index (χ1) is 8.99. The quantitative estimate of drug-likeness (QED) is 0.584. The van der Waals surface area contributed by atoms with Crippen LogP contribution in [-0.2, 0) is 0 Å². The molecule has 4 nitrogen and oxygen atoms in total. The summed E-state index contributed by atoms with van der Waals surface area (Å²) < 4.78 is 26.9. The Hall–Kier alpha value is -1.43. The summed E-state index contributed by atoms with van der Waals surface area (Å²) in [6.07, 6.45) is 3.12. The summed E-state index contributed by atoms with van der Waals surface area (Å²) in [5.74, 6) is 4.75. The van der Waals surface area contributed by atoms with Gasteiger partial charge in [-0.1, -0.05) is 13.8 Å². The van der Waals surface area contributed by atoms with Gasteiger partial charge in [0.25, 0.3) is 0 Å². The lowest BCUT2D eigenvalue weighted by Gasteiger charge is -2.32. The summed E-state index contributed by atoms with van der Waals surface area (Å²) in [4.78, 5) is 3.84. The van der Waals surface area contributed by atoms with Gasteiger partial charge in [0, 0.05) is 12.1 Å². The van der Waals surface area contributed by atoms with Crippen LogP contribution in [-0.4, -0.2) is 11.0 Å². The number of nitrogens with zero attached hydrogens (tertiary/aromatic N) is 1. The van der Waals surface area contributed by atoms with Crippen molar-refractivity contribution >= 4 is 11.6 Å². The Labute approximate surface area is 111 Å². The van der Waals surface area contributed by atoms with Crippen LogP contribution in [0.1, 0.15) is 33.1 Å². The van der Waals surface area contributed by atoms with Crippen LogP contribution in [0.4, 0.5) is 20.4 Å². The van der Waals surface area contributed by atoms with Crippen LogP contribution < -0.4 is 16.6 Å². The van der Waals surface area contributed by atoms with E-state index in [4.69, 9.17) is 5.84 Å². The zero-order chi connectivity index (χ0) is 14.0. The lowest BCUT2D eigenvalue weighted by atomic mass is 9.80. The molecule has 0 saturated heterocycles. The molecule has 19 heavy (non-hydrogen) atoms. The second-order valence-electron chi connectivity index (χ2n) is 5.55. The normalized spacial score (nSPS) is 27.1. The SMILES string of the molecule is CC1CC(C)CC(Nc2nc(NN)c(F)cc2F)C1. The fourth-order valence-electron chi connectivity index (χ4n) is 2.93. The number of hydrogen-bond acceptors (Lipinski definition) is 4. The van der Waals surface area contributed by atoms with Crippen LogP contribution in [0.25, 0.3) is 0 Å². The molecule has 0 aliphatic heterocycles. The largest absolute Gasteiger partial charge is 0.365 e. The molecule has 2 atom stereocenters. The van der Waals surface area contributed by atoms with Crippen molar-refractivity contribution in [3.05, 3.63) is 17.7 Å². The first-order valence-corrected chi connectivity index (χ1v) is 6.58. The maximum atomic E-state index is 13.7. The fourth-order valence-corrected chi connectivity index (χ4v) is 2.93. The topological polar surface area (TPSA) is 63.0 Å². The van der Waals surface area contributed by atoms with Gasteiger partial charge in [-0.3, -0.25) is 0 Å². The Kier molecular flexibility index (Phi) is 4.19. The first kappa shape index (κ1) is 14.0. The molecule has 0 radical (unpaired) electrons. The van der Waals surface area contributed by atoms with Crippen LogP contribution in [0.2, 0.25) is 0 Å². The van der Waals surface area contributed by atoms with E-state index in [0.717, 1.165) is 18.9 Å². The number of rotatable bonds is 3. The molecule has 1 saturated carbocycles. The molecule has 1 aliphatic rings. The molecule has 0 spiro atoms. The van der Waals surface area contributed by atoms with Crippen LogP contribution in [0, 0.1) is 23.5 Å². The third-order valence-corrected chi connectivity index (χ3v) is 3.59. The minimum absolute atomic E-state index is 0.0562.